The summed E-state index contributed by atoms with van der Waals surface area (Å²) in [5.41, 5.74) is 0.885. The van der Waals surface area contributed by atoms with Crippen molar-refractivity contribution in [3.8, 4) is 0 Å². The highest BCUT2D eigenvalue weighted by molar-refractivity contribution is 7.99. The zero-order chi connectivity index (χ0) is 13.8. The van der Waals surface area contributed by atoms with Crippen LogP contribution in [0.1, 0.15) is 38.3 Å². The van der Waals surface area contributed by atoms with Gasteiger partial charge in [0.15, 0.2) is 0 Å². The highest BCUT2D eigenvalue weighted by Crippen LogP contribution is 2.37. The van der Waals surface area contributed by atoms with Gasteiger partial charge in [-0.25, -0.2) is 9.18 Å². The molecule has 0 radical (unpaired) electrons. The minimum Gasteiger partial charge on any atom is -0.336 e. The van der Waals surface area contributed by atoms with Gasteiger partial charge in [0.25, 0.3) is 0 Å². The van der Waals surface area contributed by atoms with Crippen molar-refractivity contribution in [2.24, 2.45) is 0 Å². The third-order valence-electron chi connectivity index (χ3n) is 3.32. The van der Waals surface area contributed by atoms with E-state index in [2.05, 4.69) is 10.6 Å². The third kappa shape index (κ3) is 3.41. The van der Waals surface area contributed by atoms with Gasteiger partial charge < -0.3 is 10.6 Å². The quantitative estimate of drug-likeness (QED) is 0.891. The third-order valence-corrected chi connectivity index (χ3v) is 4.48. The molecule has 5 heteroatoms. The van der Waals surface area contributed by atoms with E-state index in [1.165, 1.54) is 17.8 Å². The fourth-order valence-corrected chi connectivity index (χ4v) is 3.20. The Morgan fingerprint density at radius 2 is 2.37 bits per heavy atom. The Morgan fingerprint density at radius 1 is 1.58 bits per heavy atom. The number of halogens is 1. The Hall–Kier alpha value is -1.23. The number of nitrogens with one attached hydrogen (secondary N) is 2. The number of carbonyl (C=O) groups excluding carboxylic acids is 1. The summed E-state index contributed by atoms with van der Waals surface area (Å²) in [7, 11) is 0. The molecule has 1 aromatic rings. The van der Waals surface area contributed by atoms with E-state index in [9.17, 15) is 9.18 Å². The molecular formula is C14H19FN2OS. The van der Waals surface area contributed by atoms with E-state index >= 15 is 0 Å². The van der Waals surface area contributed by atoms with Crippen LogP contribution in [0.2, 0.25) is 0 Å². The van der Waals surface area contributed by atoms with Crippen LogP contribution in [0.25, 0.3) is 0 Å². The van der Waals surface area contributed by atoms with Crippen molar-refractivity contribution in [1.82, 2.24) is 10.6 Å². The SMILES string of the molecule is CCC(C)NC(=O)NC1CCSc2c(F)cccc21. The number of benzene rings is 1. The van der Waals surface area contributed by atoms with E-state index < -0.39 is 0 Å². The lowest BCUT2D eigenvalue weighted by Crippen LogP contribution is -2.42. The molecule has 1 aromatic carbocycles. The highest BCUT2D eigenvalue weighted by Gasteiger charge is 2.24. The number of urea groups is 1. The van der Waals surface area contributed by atoms with Crippen LogP contribution in [0.5, 0.6) is 0 Å². The molecule has 0 saturated heterocycles. The zero-order valence-electron chi connectivity index (χ0n) is 11.2. The van der Waals surface area contributed by atoms with Crippen LogP contribution < -0.4 is 10.6 Å². The molecule has 104 valence electrons. The normalized spacial score (nSPS) is 19.4. The molecule has 2 unspecified atom stereocenters. The van der Waals surface area contributed by atoms with E-state index in [1.54, 1.807) is 6.07 Å². The Bertz CT molecular complexity index is 467. The van der Waals surface area contributed by atoms with E-state index in [0.717, 1.165) is 24.2 Å². The number of thioether (sulfide) groups is 1. The summed E-state index contributed by atoms with van der Waals surface area (Å²) >= 11 is 1.52. The minimum absolute atomic E-state index is 0.101. The van der Waals surface area contributed by atoms with Crippen molar-refractivity contribution in [3.05, 3.63) is 29.6 Å². The monoisotopic (exact) mass is 282 g/mol. The van der Waals surface area contributed by atoms with Gasteiger partial charge in [0.05, 0.1) is 6.04 Å². The second-order valence-corrected chi connectivity index (χ2v) is 5.88. The number of amides is 2. The Morgan fingerprint density at radius 3 is 3.11 bits per heavy atom. The average molecular weight is 282 g/mol. The fraction of sp³-hybridized carbons (Fsp3) is 0.500. The van der Waals surface area contributed by atoms with Gasteiger partial charge in [-0.1, -0.05) is 19.1 Å². The largest absolute Gasteiger partial charge is 0.336 e. The van der Waals surface area contributed by atoms with Crippen molar-refractivity contribution < 1.29 is 9.18 Å². The number of hydrogen-bond donors (Lipinski definition) is 2. The molecule has 0 spiro atoms. The predicted molar refractivity (Wildman–Crippen MR) is 75.9 cm³/mol. The Labute approximate surface area is 117 Å². The van der Waals surface area contributed by atoms with Crippen molar-refractivity contribution in [2.75, 3.05) is 5.75 Å². The molecule has 1 aliphatic rings. The summed E-state index contributed by atoms with van der Waals surface area (Å²) in [4.78, 5) is 12.5. The van der Waals surface area contributed by atoms with E-state index in [1.807, 2.05) is 19.9 Å². The van der Waals surface area contributed by atoms with Crippen LogP contribution in [0.15, 0.2) is 23.1 Å². The lowest BCUT2D eigenvalue weighted by Gasteiger charge is -2.26. The summed E-state index contributed by atoms with van der Waals surface area (Å²) in [5.74, 6) is 0.624. The Balaban J connectivity index is 2.07. The fourth-order valence-electron chi connectivity index (χ4n) is 2.06. The van der Waals surface area contributed by atoms with Gasteiger partial charge >= 0.3 is 6.03 Å². The molecule has 0 aliphatic carbocycles. The van der Waals surface area contributed by atoms with Crippen LogP contribution in [0.3, 0.4) is 0 Å². The van der Waals surface area contributed by atoms with Gasteiger partial charge in [-0.3, -0.25) is 0 Å². The van der Waals surface area contributed by atoms with Crippen LogP contribution in [0, 0.1) is 5.82 Å². The summed E-state index contributed by atoms with van der Waals surface area (Å²) < 4.78 is 13.7. The number of carbonyl (C=O) groups is 1. The van der Waals surface area contributed by atoms with Crippen LogP contribution in [-0.2, 0) is 0 Å². The van der Waals surface area contributed by atoms with Gasteiger partial charge in [-0.2, -0.15) is 0 Å². The van der Waals surface area contributed by atoms with E-state index in [0.29, 0.717) is 4.90 Å². The topological polar surface area (TPSA) is 41.1 Å². The molecule has 2 amide bonds. The first-order valence-corrected chi connectivity index (χ1v) is 7.58. The standard InChI is InChI=1S/C14H19FN2OS/c1-3-9(2)16-14(18)17-12-7-8-19-13-10(12)5-4-6-11(13)15/h4-6,9,12H,3,7-8H2,1-2H3,(H2,16,17,18). The zero-order valence-corrected chi connectivity index (χ0v) is 12.0. The van der Waals surface area contributed by atoms with Crippen molar-refractivity contribution in [1.29, 1.82) is 0 Å². The summed E-state index contributed by atoms with van der Waals surface area (Å²) in [6, 6.07) is 4.91. The number of rotatable bonds is 3. The predicted octanol–water partition coefficient (Wildman–Crippen LogP) is 3.46. The molecule has 19 heavy (non-hydrogen) atoms. The van der Waals surface area contributed by atoms with Crippen molar-refractivity contribution >= 4 is 17.8 Å². The molecular weight excluding hydrogens is 263 g/mol. The lowest BCUT2D eigenvalue weighted by atomic mass is 10.0. The molecule has 2 rings (SSSR count). The number of hydrogen-bond acceptors (Lipinski definition) is 2. The van der Waals surface area contributed by atoms with E-state index in [-0.39, 0.29) is 23.9 Å². The van der Waals surface area contributed by atoms with E-state index in [4.69, 9.17) is 0 Å². The molecule has 0 aromatic heterocycles. The first kappa shape index (κ1) is 14.2. The molecule has 0 bridgehead atoms. The molecule has 2 atom stereocenters. The van der Waals surface area contributed by atoms with Gasteiger partial charge in [0, 0.05) is 16.7 Å². The van der Waals surface area contributed by atoms with Crippen LogP contribution in [0.4, 0.5) is 9.18 Å². The Kier molecular flexibility index (Phi) is 4.69. The van der Waals surface area contributed by atoms with Crippen LogP contribution in [-0.4, -0.2) is 17.8 Å². The maximum atomic E-state index is 13.7. The summed E-state index contributed by atoms with van der Waals surface area (Å²) in [6.45, 7) is 3.98. The summed E-state index contributed by atoms with van der Waals surface area (Å²) in [5, 5.41) is 5.81. The maximum absolute atomic E-state index is 13.7. The minimum atomic E-state index is -0.198. The molecule has 3 nitrogen and oxygen atoms in total. The van der Waals surface area contributed by atoms with Gasteiger partial charge in [-0.05, 0) is 31.4 Å². The lowest BCUT2D eigenvalue weighted by molar-refractivity contribution is 0.233. The second-order valence-electron chi connectivity index (χ2n) is 4.78. The van der Waals surface area contributed by atoms with Crippen LogP contribution >= 0.6 is 11.8 Å². The maximum Gasteiger partial charge on any atom is 0.315 e. The summed E-state index contributed by atoms with van der Waals surface area (Å²) in [6.07, 6.45) is 1.72. The molecule has 1 heterocycles. The molecule has 0 fully saturated rings. The van der Waals surface area contributed by atoms with Crippen molar-refractivity contribution in [2.45, 2.75) is 43.7 Å². The van der Waals surface area contributed by atoms with Crippen molar-refractivity contribution in [3.63, 3.8) is 0 Å². The first-order chi connectivity index (χ1) is 9.11. The van der Waals surface area contributed by atoms with Gasteiger partial charge in [0.1, 0.15) is 5.82 Å². The smallest absolute Gasteiger partial charge is 0.315 e. The number of fused-ring (bicyclic) bond motifs is 1. The molecule has 0 saturated carbocycles. The van der Waals surface area contributed by atoms with Gasteiger partial charge in [-0.15, -0.1) is 11.8 Å². The first-order valence-electron chi connectivity index (χ1n) is 6.60. The highest BCUT2D eigenvalue weighted by atomic mass is 32.2. The molecule has 1 aliphatic heterocycles. The second kappa shape index (κ2) is 6.28. The average Bonchev–Trinajstić information content (AvgIpc) is 2.39. The van der Waals surface area contributed by atoms with Gasteiger partial charge in [0.2, 0.25) is 0 Å². The molecule has 2 N–H and O–H groups in total.